The van der Waals surface area contributed by atoms with Gasteiger partial charge >= 0.3 is 12.0 Å². The Morgan fingerprint density at radius 2 is 2.00 bits per heavy atom. The average Bonchev–Trinajstić information content (AvgIpc) is 2.12. The van der Waals surface area contributed by atoms with Gasteiger partial charge in [-0.15, -0.1) is 0 Å². The van der Waals surface area contributed by atoms with Crippen LogP contribution in [-0.2, 0) is 14.3 Å². The molecule has 0 radical (unpaired) electrons. The normalized spacial score (nSPS) is 9.21. The molecule has 7 nitrogen and oxygen atoms in total. The van der Waals surface area contributed by atoms with Crippen molar-refractivity contribution in [2.75, 3.05) is 20.3 Å². The number of carbonyl (C=O) groups is 3. The Kier molecular flexibility index (Phi) is 6.04. The quantitative estimate of drug-likeness (QED) is 0.495. The minimum absolute atomic E-state index is 0.0326. The topological polar surface area (TPSA) is 105 Å². The minimum atomic E-state index is -1.10. The first-order valence-corrected chi connectivity index (χ1v) is 3.87. The Morgan fingerprint density at radius 1 is 1.36 bits per heavy atom. The highest BCUT2D eigenvalue weighted by Crippen LogP contribution is 1.83. The van der Waals surface area contributed by atoms with E-state index in [0.717, 1.165) is 0 Å². The number of ether oxygens (including phenoxy) is 1. The second-order valence-electron chi connectivity index (χ2n) is 2.32. The Balaban J connectivity index is 3.45. The highest BCUT2D eigenvalue weighted by molar-refractivity contribution is 5.94. The third kappa shape index (κ3) is 7.04. The van der Waals surface area contributed by atoms with Crippen molar-refractivity contribution in [2.24, 2.45) is 0 Å². The SMILES string of the molecule is CNC(=O)NC(=O)CCOCC(=O)O. The third-order valence-electron chi connectivity index (χ3n) is 1.18. The summed E-state index contributed by atoms with van der Waals surface area (Å²) in [6.07, 6.45) is -0.0549. The van der Waals surface area contributed by atoms with Crippen LogP contribution in [0.15, 0.2) is 0 Å². The van der Waals surface area contributed by atoms with Crippen molar-refractivity contribution in [1.82, 2.24) is 10.6 Å². The maximum absolute atomic E-state index is 10.9. The molecule has 0 rings (SSSR count). The first-order chi connectivity index (χ1) is 6.56. The molecule has 80 valence electrons. The van der Waals surface area contributed by atoms with Gasteiger partial charge in [-0.05, 0) is 0 Å². The summed E-state index contributed by atoms with van der Waals surface area (Å²) in [5.74, 6) is -1.62. The van der Waals surface area contributed by atoms with E-state index in [0.29, 0.717) is 0 Å². The van der Waals surface area contributed by atoms with Crippen molar-refractivity contribution >= 4 is 17.9 Å². The van der Waals surface area contributed by atoms with Crippen LogP contribution in [0.4, 0.5) is 4.79 Å². The van der Waals surface area contributed by atoms with Crippen LogP contribution in [0.5, 0.6) is 0 Å². The fourth-order valence-corrected chi connectivity index (χ4v) is 0.576. The Morgan fingerprint density at radius 3 is 2.50 bits per heavy atom. The molecular weight excluding hydrogens is 192 g/mol. The number of rotatable bonds is 5. The number of urea groups is 1. The lowest BCUT2D eigenvalue weighted by Gasteiger charge is -2.02. The monoisotopic (exact) mass is 204 g/mol. The standard InChI is InChI=1S/C7H12N2O5/c1-8-7(13)9-5(10)2-3-14-4-6(11)12/h2-4H2,1H3,(H,11,12)(H2,8,9,10,13). The molecule has 0 aliphatic heterocycles. The first-order valence-electron chi connectivity index (χ1n) is 3.87. The van der Waals surface area contributed by atoms with Gasteiger partial charge in [-0.1, -0.05) is 0 Å². The zero-order valence-electron chi connectivity index (χ0n) is 7.70. The Hall–Kier alpha value is -1.63. The van der Waals surface area contributed by atoms with E-state index in [4.69, 9.17) is 5.11 Å². The molecule has 0 saturated heterocycles. The number of imide groups is 1. The molecule has 14 heavy (non-hydrogen) atoms. The summed E-state index contributed by atoms with van der Waals surface area (Å²) in [5.41, 5.74) is 0. The molecular formula is C7H12N2O5. The van der Waals surface area contributed by atoms with Gasteiger partial charge in [-0.25, -0.2) is 9.59 Å². The number of carboxylic acids is 1. The summed E-state index contributed by atoms with van der Waals surface area (Å²) >= 11 is 0. The number of aliphatic carboxylic acids is 1. The van der Waals surface area contributed by atoms with Gasteiger partial charge in [-0.2, -0.15) is 0 Å². The lowest BCUT2D eigenvalue weighted by atomic mass is 10.4. The molecule has 0 bridgehead atoms. The number of hydrogen-bond donors (Lipinski definition) is 3. The molecule has 0 aliphatic carbocycles. The summed E-state index contributed by atoms with van der Waals surface area (Å²) in [4.78, 5) is 31.4. The summed E-state index contributed by atoms with van der Waals surface area (Å²) in [7, 11) is 1.38. The van der Waals surface area contributed by atoms with Crippen molar-refractivity contribution in [2.45, 2.75) is 6.42 Å². The Bertz CT molecular complexity index is 228. The van der Waals surface area contributed by atoms with Crippen LogP contribution in [0.25, 0.3) is 0 Å². The van der Waals surface area contributed by atoms with E-state index in [9.17, 15) is 14.4 Å². The molecule has 0 fully saturated rings. The molecule has 0 atom stereocenters. The predicted molar refractivity (Wildman–Crippen MR) is 45.7 cm³/mol. The molecule has 7 heteroatoms. The second-order valence-corrected chi connectivity index (χ2v) is 2.32. The van der Waals surface area contributed by atoms with Crippen LogP contribution in [0.2, 0.25) is 0 Å². The van der Waals surface area contributed by atoms with Gasteiger partial charge < -0.3 is 15.2 Å². The van der Waals surface area contributed by atoms with Gasteiger partial charge in [0.2, 0.25) is 5.91 Å². The molecule has 3 amide bonds. The average molecular weight is 204 g/mol. The van der Waals surface area contributed by atoms with E-state index in [1.54, 1.807) is 0 Å². The fourth-order valence-electron chi connectivity index (χ4n) is 0.576. The summed E-state index contributed by atoms with van der Waals surface area (Å²) in [5, 5.41) is 12.4. The van der Waals surface area contributed by atoms with Crippen LogP contribution in [-0.4, -0.2) is 43.3 Å². The number of carbonyl (C=O) groups excluding carboxylic acids is 2. The molecule has 0 unspecified atom stereocenters. The van der Waals surface area contributed by atoms with Gasteiger partial charge in [0.05, 0.1) is 13.0 Å². The first kappa shape index (κ1) is 12.4. The number of nitrogens with one attached hydrogen (secondary N) is 2. The van der Waals surface area contributed by atoms with E-state index < -0.39 is 24.5 Å². The summed E-state index contributed by atoms with van der Waals surface area (Å²) in [6, 6.07) is -0.603. The van der Waals surface area contributed by atoms with Crippen molar-refractivity contribution in [3.8, 4) is 0 Å². The molecule has 3 N–H and O–H groups in total. The Labute approximate surface area is 80.4 Å². The fraction of sp³-hybridized carbons (Fsp3) is 0.571. The van der Waals surface area contributed by atoms with Crippen LogP contribution in [0, 0.1) is 0 Å². The van der Waals surface area contributed by atoms with Gasteiger partial charge in [0.1, 0.15) is 6.61 Å². The van der Waals surface area contributed by atoms with Gasteiger partial charge in [0, 0.05) is 7.05 Å². The minimum Gasteiger partial charge on any atom is -0.480 e. The van der Waals surface area contributed by atoms with E-state index in [1.165, 1.54) is 7.05 Å². The molecule has 0 aromatic carbocycles. The zero-order valence-corrected chi connectivity index (χ0v) is 7.70. The molecule has 0 spiro atoms. The van der Waals surface area contributed by atoms with Crippen molar-refractivity contribution < 1.29 is 24.2 Å². The lowest BCUT2D eigenvalue weighted by molar-refractivity contribution is -0.142. The molecule has 0 saturated carbocycles. The van der Waals surface area contributed by atoms with E-state index in [-0.39, 0.29) is 13.0 Å². The van der Waals surface area contributed by atoms with Crippen LogP contribution in [0.3, 0.4) is 0 Å². The smallest absolute Gasteiger partial charge is 0.329 e. The molecule has 0 heterocycles. The van der Waals surface area contributed by atoms with Crippen LogP contribution < -0.4 is 10.6 Å². The highest BCUT2D eigenvalue weighted by atomic mass is 16.5. The van der Waals surface area contributed by atoms with Crippen LogP contribution in [0.1, 0.15) is 6.42 Å². The van der Waals surface area contributed by atoms with E-state index in [2.05, 4.69) is 10.1 Å². The number of hydrogen-bond acceptors (Lipinski definition) is 4. The van der Waals surface area contributed by atoms with Crippen molar-refractivity contribution in [1.29, 1.82) is 0 Å². The van der Waals surface area contributed by atoms with Gasteiger partial charge in [0.25, 0.3) is 0 Å². The molecule has 0 aromatic heterocycles. The summed E-state index contributed by atoms with van der Waals surface area (Å²) < 4.78 is 4.59. The second kappa shape index (κ2) is 6.84. The number of carboxylic acid groups (broad SMARTS) is 1. The van der Waals surface area contributed by atoms with Crippen molar-refractivity contribution in [3.63, 3.8) is 0 Å². The molecule has 0 aromatic rings. The van der Waals surface area contributed by atoms with Crippen molar-refractivity contribution in [3.05, 3.63) is 0 Å². The zero-order chi connectivity index (χ0) is 11.0. The third-order valence-corrected chi connectivity index (χ3v) is 1.18. The maximum Gasteiger partial charge on any atom is 0.329 e. The largest absolute Gasteiger partial charge is 0.480 e. The highest BCUT2D eigenvalue weighted by Gasteiger charge is 2.05. The predicted octanol–water partition coefficient (Wildman–Crippen LogP) is -1.07. The van der Waals surface area contributed by atoms with E-state index >= 15 is 0 Å². The van der Waals surface area contributed by atoms with Gasteiger partial charge in [0.15, 0.2) is 0 Å². The van der Waals surface area contributed by atoms with Crippen LogP contribution >= 0.6 is 0 Å². The number of amides is 3. The molecule has 0 aliphatic rings. The maximum atomic E-state index is 10.9. The van der Waals surface area contributed by atoms with E-state index in [1.807, 2.05) is 5.32 Å². The summed E-state index contributed by atoms with van der Waals surface area (Å²) in [6.45, 7) is -0.484. The van der Waals surface area contributed by atoms with Gasteiger partial charge in [-0.3, -0.25) is 10.1 Å². The lowest BCUT2D eigenvalue weighted by Crippen LogP contribution is -2.37.